The van der Waals surface area contributed by atoms with Gasteiger partial charge in [0.2, 0.25) is 5.91 Å². The van der Waals surface area contributed by atoms with Gasteiger partial charge in [0, 0.05) is 6.54 Å². The van der Waals surface area contributed by atoms with Gasteiger partial charge in [-0.15, -0.1) is 0 Å². The third-order valence-corrected chi connectivity index (χ3v) is 4.03. The van der Waals surface area contributed by atoms with Crippen molar-refractivity contribution < 1.29 is 4.79 Å². The lowest BCUT2D eigenvalue weighted by atomic mass is 10.0. The summed E-state index contributed by atoms with van der Waals surface area (Å²) in [5.41, 5.74) is 7.42. The Balaban J connectivity index is 1.73. The predicted octanol–water partition coefficient (Wildman–Crippen LogP) is 2.68. The fourth-order valence-corrected chi connectivity index (χ4v) is 2.51. The minimum atomic E-state index is 0.0152. The van der Waals surface area contributed by atoms with E-state index < -0.39 is 0 Å². The molecule has 1 unspecified atom stereocenters. The number of carbonyl (C=O) groups excluding carboxylic acids is 1. The van der Waals surface area contributed by atoms with Gasteiger partial charge in [-0.3, -0.25) is 4.79 Å². The van der Waals surface area contributed by atoms with E-state index in [1.165, 1.54) is 17.3 Å². The second-order valence-corrected chi connectivity index (χ2v) is 5.83. The second kappa shape index (κ2) is 7.69. The molecule has 1 aromatic carbocycles. The SMILES string of the molecule is CC(CNC(=O)CSc1ccc(N)cn1)c1ccccc1. The molecule has 0 fully saturated rings. The summed E-state index contributed by atoms with van der Waals surface area (Å²) in [4.78, 5) is 16.0. The van der Waals surface area contributed by atoms with Gasteiger partial charge in [-0.2, -0.15) is 0 Å². The van der Waals surface area contributed by atoms with E-state index in [-0.39, 0.29) is 5.91 Å². The molecule has 1 atom stereocenters. The van der Waals surface area contributed by atoms with Crippen molar-refractivity contribution in [2.75, 3.05) is 18.0 Å². The Labute approximate surface area is 129 Å². The first-order valence-corrected chi connectivity index (χ1v) is 7.79. The van der Waals surface area contributed by atoms with Crippen LogP contribution in [0.2, 0.25) is 0 Å². The van der Waals surface area contributed by atoms with Crippen LogP contribution in [0.3, 0.4) is 0 Å². The monoisotopic (exact) mass is 301 g/mol. The molecule has 0 aliphatic carbocycles. The summed E-state index contributed by atoms with van der Waals surface area (Å²) in [7, 11) is 0. The van der Waals surface area contributed by atoms with Crippen LogP contribution in [0.15, 0.2) is 53.7 Å². The van der Waals surface area contributed by atoms with Gasteiger partial charge >= 0.3 is 0 Å². The van der Waals surface area contributed by atoms with Crippen molar-refractivity contribution in [2.45, 2.75) is 17.9 Å². The fraction of sp³-hybridized carbons (Fsp3) is 0.250. The van der Waals surface area contributed by atoms with E-state index in [9.17, 15) is 4.79 Å². The van der Waals surface area contributed by atoms with Crippen molar-refractivity contribution in [3.63, 3.8) is 0 Å². The molecule has 0 aliphatic rings. The number of anilines is 1. The first-order valence-electron chi connectivity index (χ1n) is 6.81. The minimum Gasteiger partial charge on any atom is -0.397 e. The van der Waals surface area contributed by atoms with E-state index in [0.717, 1.165) is 5.03 Å². The molecule has 0 bridgehead atoms. The largest absolute Gasteiger partial charge is 0.397 e. The van der Waals surface area contributed by atoms with E-state index in [1.54, 1.807) is 12.3 Å². The van der Waals surface area contributed by atoms with Gasteiger partial charge in [-0.25, -0.2) is 4.98 Å². The number of nitrogens with zero attached hydrogens (tertiary/aromatic N) is 1. The summed E-state index contributed by atoms with van der Waals surface area (Å²) in [6.45, 7) is 2.74. The Bertz CT molecular complexity index is 572. The molecule has 1 aromatic heterocycles. The number of pyridine rings is 1. The Morgan fingerprint density at radius 2 is 2.05 bits per heavy atom. The zero-order valence-electron chi connectivity index (χ0n) is 12.0. The third-order valence-electron chi connectivity index (χ3n) is 3.08. The predicted molar refractivity (Wildman–Crippen MR) is 87.2 cm³/mol. The number of carbonyl (C=O) groups is 1. The number of nitrogens with one attached hydrogen (secondary N) is 1. The summed E-state index contributed by atoms with van der Waals surface area (Å²) < 4.78 is 0. The zero-order chi connectivity index (χ0) is 15.1. The van der Waals surface area contributed by atoms with Crippen LogP contribution in [-0.2, 0) is 4.79 Å². The summed E-state index contributed by atoms with van der Waals surface area (Å²) in [5.74, 6) is 0.675. The van der Waals surface area contributed by atoms with Crippen LogP contribution in [0.1, 0.15) is 18.4 Å². The number of hydrogen-bond donors (Lipinski definition) is 2. The summed E-state index contributed by atoms with van der Waals surface area (Å²) >= 11 is 1.41. The van der Waals surface area contributed by atoms with Crippen LogP contribution in [0, 0.1) is 0 Å². The maximum Gasteiger partial charge on any atom is 0.230 e. The van der Waals surface area contributed by atoms with E-state index in [2.05, 4.69) is 29.4 Å². The number of amides is 1. The number of nitrogen functional groups attached to an aromatic ring is 1. The van der Waals surface area contributed by atoms with Crippen molar-refractivity contribution in [1.29, 1.82) is 0 Å². The number of rotatable bonds is 6. The van der Waals surface area contributed by atoms with E-state index >= 15 is 0 Å². The average molecular weight is 301 g/mol. The molecule has 5 heteroatoms. The molecule has 3 N–H and O–H groups in total. The maximum absolute atomic E-state index is 11.8. The lowest BCUT2D eigenvalue weighted by Gasteiger charge is -2.12. The highest BCUT2D eigenvalue weighted by Crippen LogP contribution is 2.16. The number of hydrogen-bond acceptors (Lipinski definition) is 4. The van der Waals surface area contributed by atoms with Gasteiger partial charge in [0.15, 0.2) is 0 Å². The Hall–Kier alpha value is -2.01. The van der Waals surface area contributed by atoms with Crippen molar-refractivity contribution in [3.8, 4) is 0 Å². The number of thioether (sulfide) groups is 1. The van der Waals surface area contributed by atoms with Crippen molar-refractivity contribution in [1.82, 2.24) is 10.3 Å². The van der Waals surface area contributed by atoms with Crippen LogP contribution in [-0.4, -0.2) is 23.2 Å². The van der Waals surface area contributed by atoms with Crippen molar-refractivity contribution in [2.24, 2.45) is 0 Å². The van der Waals surface area contributed by atoms with Crippen LogP contribution in [0.25, 0.3) is 0 Å². The molecule has 0 spiro atoms. The molecule has 4 nitrogen and oxygen atoms in total. The highest BCUT2D eigenvalue weighted by atomic mass is 32.2. The molecule has 1 amide bonds. The molecular weight excluding hydrogens is 282 g/mol. The first kappa shape index (κ1) is 15.4. The number of aromatic nitrogens is 1. The smallest absolute Gasteiger partial charge is 0.230 e. The maximum atomic E-state index is 11.8. The lowest BCUT2D eigenvalue weighted by Crippen LogP contribution is -2.29. The number of nitrogens with two attached hydrogens (primary N) is 1. The molecule has 0 radical (unpaired) electrons. The second-order valence-electron chi connectivity index (χ2n) is 4.83. The zero-order valence-corrected chi connectivity index (χ0v) is 12.8. The molecule has 21 heavy (non-hydrogen) atoms. The molecule has 110 valence electrons. The van der Waals surface area contributed by atoms with Crippen LogP contribution >= 0.6 is 11.8 Å². The van der Waals surface area contributed by atoms with E-state index in [0.29, 0.717) is 23.9 Å². The molecular formula is C16H19N3OS. The Kier molecular flexibility index (Phi) is 5.63. The summed E-state index contributed by atoms with van der Waals surface area (Å²) in [5, 5.41) is 3.75. The Morgan fingerprint density at radius 1 is 1.29 bits per heavy atom. The van der Waals surface area contributed by atoms with Gasteiger partial charge in [-0.05, 0) is 23.6 Å². The van der Waals surface area contributed by atoms with Crippen LogP contribution < -0.4 is 11.1 Å². The molecule has 1 heterocycles. The molecule has 0 saturated heterocycles. The average Bonchev–Trinajstić information content (AvgIpc) is 2.53. The van der Waals surface area contributed by atoms with E-state index in [1.807, 2.05) is 24.3 Å². The van der Waals surface area contributed by atoms with Gasteiger partial charge in [0.25, 0.3) is 0 Å². The topological polar surface area (TPSA) is 68.0 Å². The molecule has 2 rings (SSSR count). The lowest BCUT2D eigenvalue weighted by molar-refractivity contribution is -0.118. The fourth-order valence-electron chi connectivity index (χ4n) is 1.83. The van der Waals surface area contributed by atoms with Gasteiger partial charge in [0.1, 0.15) is 0 Å². The van der Waals surface area contributed by atoms with Gasteiger partial charge < -0.3 is 11.1 Å². The Morgan fingerprint density at radius 3 is 2.71 bits per heavy atom. The van der Waals surface area contributed by atoms with Gasteiger partial charge in [-0.1, -0.05) is 49.0 Å². The molecule has 0 saturated carbocycles. The van der Waals surface area contributed by atoms with Crippen LogP contribution in [0.4, 0.5) is 5.69 Å². The van der Waals surface area contributed by atoms with Crippen LogP contribution in [0.5, 0.6) is 0 Å². The highest BCUT2D eigenvalue weighted by molar-refractivity contribution is 7.99. The van der Waals surface area contributed by atoms with Crippen molar-refractivity contribution >= 4 is 23.4 Å². The standard InChI is InChI=1S/C16H19N3OS/c1-12(13-5-3-2-4-6-13)9-18-15(20)11-21-16-8-7-14(17)10-19-16/h2-8,10,12H,9,11,17H2,1H3,(H,18,20). The third kappa shape index (κ3) is 5.11. The van der Waals surface area contributed by atoms with Crippen molar-refractivity contribution in [3.05, 3.63) is 54.2 Å². The molecule has 2 aromatic rings. The molecule has 0 aliphatic heterocycles. The van der Waals surface area contributed by atoms with Gasteiger partial charge in [0.05, 0.1) is 22.7 Å². The minimum absolute atomic E-state index is 0.0152. The normalized spacial score (nSPS) is 11.9. The summed E-state index contributed by atoms with van der Waals surface area (Å²) in [6, 6.07) is 13.8. The van der Waals surface area contributed by atoms with E-state index in [4.69, 9.17) is 5.73 Å². The summed E-state index contributed by atoms with van der Waals surface area (Å²) in [6.07, 6.45) is 1.59. The highest BCUT2D eigenvalue weighted by Gasteiger charge is 2.08. The quantitative estimate of drug-likeness (QED) is 0.805. The first-order chi connectivity index (χ1) is 10.1. The number of benzene rings is 1.